The minimum Gasteiger partial charge on any atom is -0.395 e. The van der Waals surface area contributed by atoms with Crippen molar-refractivity contribution in [3.8, 4) is 0 Å². The Morgan fingerprint density at radius 2 is 1.63 bits per heavy atom. The van der Waals surface area contributed by atoms with Gasteiger partial charge in [0.1, 0.15) is 0 Å². The van der Waals surface area contributed by atoms with Crippen molar-refractivity contribution in [3.63, 3.8) is 0 Å². The zero-order chi connectivity index (χ0) is 13.5. The van der Waals surface area contributed by atoms with Gasteiger partial charge in [-0.25, -0.2) is 0 Å². The Labute approximate surface area is 119 Å². The van der Waals surface area contributed by atoms with Gasteiger partial charge in [0.05, 0.1) is 6.61 Å². The van der Waals surface area contributed by atoms with E-state index < -0.39 is 0 Å². The molecule has 2 nitrogen and oxygen atoms in total. The van der Waals surface area contributed by atoms with Gasteiger partial charge < -0.3 is 10.4 Å². The lowest BCUT2D eigenvalue weighted by atomic mass is 10.1. The van der Waals surface area contributed by atoms with Crippen molar-refractivity contribution in [2.75, 3.05) is 6.61 Å². The van der Waals surface area contributed by atoms with Crippen LogP contribution in [0.5, 0.6) is 0 Å². The van der Waals surface area contributed by atoms with Crippen LogP contribution in [0.25, 0.3) is 0 Å². The van der Waals surface area contributed by atoms with Gasteiger partial charge >= 0.3 is 0 Å². The number of nitrogens with one attached hydrogen (secondary N) is 1. The van der Waals surface area contributed by atoms with Crippen LogP contribution in [0.2, 0.25) is 5.02 Å². The Hall–Kier alpha value is -1.35. The molecular weight excluding hydrogens is 258 g/mol. The van der Waals surface area contributed by atoms with Gasteiger partial charge in [0.15, 0.2) is 0 Å². The van der Waals surface area contributed by atoms with E-state index in [-0.39, 0.29) is 12.6 Å². The molecule has 2 aromatic carbocycles. The quantitative estimate of drug-likeness (QED) is 0.849. The molecule has 2 rings (SSSR count). The predicted octanol–water partition coefficient (Wildman–Crippen LogP) is 3.03. The molecule has 19 heavy (non-hydrogen) atoms. The van der Waals surface area contributed by atoms with Crippen LogP contribution in [-0.2, 0) is 13.0 Å². The number of rotatable bonds is 6. The molecule has 0 saturated carbocycles. The highest BCUT2D eigenvalue weighted by atomic mass is 35.5. The second-order valence-electron chi connectivity index (χ2n) is 4.58. The summed E-state index contributed by atoms with van der Waals surface area (Å²) in [7, 11) is 0. The summed E-state index contributed by atoms with van der Waals surface area (Å²) in [6, 6.07) is 18.0. The average Bonchev–Trinajstić information content (AvgIpc) is 2.46. The van der Waals surface area contributed by atoms with Crippen LogP contribution in [0.15, 0.2) is 54.6 Å². The van der Waals surface area contributed by atoms with Gasteiger partial charge in [0.25, 0.3) is 0 Å². The van der Waals surface area contributed by atoms with Gasteiger partial charge in [-0.15, -0.1) is 0 Å². The topological polar surface area (TPSA) is 32.3 Å². The van der Waals surface area contributed by atoms with Crippen LogP contribution in [0.1, 0.15) is 11.1 Å². The zero-order valence-corrected chi connectivity index (χ0v) is 11.5. The van der Waals surface area contributed by atoms with E-state index in [4.69, 9.17) is 11.6 Å². The fourth-order valence-electron chi connectivity index (χ4n) is 1.96. The van der Waals surface area contributed by atoms with Crippen LogP contribution in [0, 0.1) is 0 Å². The highest BCUT2D eigenvalue weighted by Crippen LogP contribution is 2.10. The maximum atomic E-state index is 9.43. The number of aliphatic hydroxyl groups is 1. The maximum Gasteiger partial charge on any atom is 0.0587 e. The molecule has 0 aromatic heterocycles. The van der Waals surface area contributed by atoms with E-state index in [1.165, 1.54) is 5.56 Å². The number of hydrogen-bond acceptors (Lipinski definition) is 2. The molecule has 0 aliphatic carbocycles. The minimum absolute atomic E-state index is 0.0677. The van der Waals surface area contributed by atoms with Crippen LogP contribution in [0.4, 0.5) is 0 Å². The molecule has 0 fully saturated rings. The SMILES string of the molecule is OC[C@H](Cc1ccccc1)NCc1ccc(Cl)cc1. The van der Waals surface area contributed by atoms with Crippen molar-refractivity contribution in [2.45, 2.75) is 19.0 Å². The first-order chi connectivity index (χ1) is 9.28. The molecule has 3 heteroatoms. The predicted molar refractivity (Wildman–Crippen MR) is 79.3 cm³/mol. The molecule has 2 aromatic rings. The van der Waals surface area contributed by atoms with Crippen molar-refractivity contribution < 1.29 is 5.11 Å². The molecule has 0 bridgehead atoms. The summed E-state index contributed by atoms with van der Waals surface area (Å²) in [5.74, 6) is 0. The Morgan fingerprint density at radius 3 is 2.26 bits per heavy atom. The van der Waals surface area contributed by atoms with Crippen LogP contribution >= 0.6 is 11.6 Å². The van der Waals surface area contributed by atoms with Gasteiger partial charge in [-0.05, 0) is 29.7 Å². The fourth-order valence-corrected chi connectivity index (χ4v) is 2.09. The maximum absolute atomic E-state index is 9.43. The van der Waals surface area contributed by atoms with Gasteiger partial charge in [0, 0.05) is 17.6 Å². The largest absolute Gasteiger partial charge is 0.395 e. The summed E-state index contributed by atoms with van der Waals surface area (Å²) in [5.41, 5.74) is 2.39. The summed E-state index contributed by atoms with van der Waals surface area (Å²) < 4.78 is 0. The second-order valence-corrected chi connectivity index (χ2v) is 5.01. The second kappa shape index (κ2) is 7.29. The molecule has 2 N–H and O–H groups in total. The average molecular weight is 276 g/mol. The van der Waals surface area contributed by atoms with Crippen LogP contribution < -0.4 is 5.32 Å². The number of aliphatic hydroxyl groups excluding tert-OH is 1. The van der Waals surface area contributed by atoms with Crippen molar-refractivity contribution in [1.82, 2.24) is 5.32 Å². The molecule has 0 aliphatic rings. The third-order valence-corrected chi connectivity index (χ3v) is 3.31. The Bertz CT molecular complexity index is 484. The van der Waals surface area contributed by atoms with Gasteiger partial charge in [-0.2, -0.15) is 0 Å². The Morgan fingerprint density at radius 1 is 0.947 bits per heavy atom. The van der Waals surface area contributed by atoms with Gasteiger partial charge in [-0.1, -0.05) is 54.1 Å². The third kappa shape index (κ3) is 4.67. The lowest BCUT2D eigenvalue weighted by molar-refractivity contribution is 0.241. The molecule has 0 spiro atoms. The molecular formula is C16H18ClNO. The molecule has 0 heterocycles. The number of benzene rings is 2. The summed E-state index contributed by atoms with van der Waals surface area (Å²) in [5, 5.41) is 13.5. The Balaban J connectivity index is 1.87. The standard InChI is InChI=1S/C16H18ClNO/c17-15-8-6-14(7-9-15)11-18-16(12-19)10-13-4-2-1-3-5-13/h1-9,16,18-19H,10-12H2/t16-/m0/s1. The Kier molecular flexibility index (Phi) is 5.40. The molecule has 0 aliphatic heterocycles. The van der Waals surface area contributed by atoms with Crippen LogP contribution in [0.3, 0.4) is 0 Å². The zero-order valence-electron chi connectivity index (χ0n) is 10.7. The van der Waals surface area contributed by atoms with E-state index in [0.717, 1.165) is 23.6 Å². The van der Waals surface area contributed by atoms with Crippen molar-refractivity contribution in [1.29, 1.82) is 0 Å². The van der Waals surface area contributed by atoms with E-state index in [1.54, 1.807) is 0 Å². The summed E-state index contributed by atoms with van der Waals surface area (Å²) in [4.78, 5) is 0. The monoisotopic (exact) mass is 275 g/mol. The molecule has 0 radical (unpaired) electrons. The molecule has 100 valence electrons. The van der Waals surface area contributed by atoms with E-state index in [2.05, 4.69) is 17.4 Å². The molecule has 0 unspecified atom stereocenters. The van der Waals surface area contributed by atoms with Crippen LogP contribution in [-0.4, -0.2) is 17.8 Å². The molecule has 1 atom stereocenters. The molecule has 0 amide bonds. The van der Waals surface area contributed by atoms with Crippen molar-refractivity contribution in [2.24, 2.45) is 0 Å². The lowest BCUT2D eigenvalue weighted by Crippen LogP contribution is -2.33. The minimum atomic E-state index is 0.0677. The number of hydrogen-bond donors (Lipinski definition) is 2. The summed E-state index contributed by atoms with van der Waals surface area (Å²) in [6.07, 6.45) is 0.824. The molecule has 0 saturated heterocycles. The highest BCUT2D eigenvalue weighted by molar-refractivity contribution is 6.30. The normalized spacial score (nSPS) is 12.3. The van der Waals surface area contributed by atoms with E-state index >= 15 is 0 Å². The first-order valence-corrected chi connectivity index (χ1v) is 6.78. The number of halogens is 1. The first kappa shape index (κ1) is 14.1. The summed E-state index contributed by atoms with van der Waals surface area (Å²) in [6.45, 7) is 0.859. The summed E-state index contributed by atoms with van der Waals surface area (Å²) >= 11 is 5.85. The van der Waals surface area contributed by atoms with Gasteiger partial charge in [-0.3, -0.25) is 0 Å². The van der Waals surface area contributed by atoms with E-state index in [9.17, 15) is 5.11 Å². The first-order valence-electron chi connectivity index (χ1n) is 6.40. The van der Waals surface area contributed by atoms with Crippen molar-refractivity contribution >= 4 is 11.6 Å². The highest BCUT2D eigenvalue weighted by Gasteiger charge is 2.07. The van der Waals surface area contributed by atoms with Crippen molar-refractivity contribution in [3.05, 3.63) is 70.7 Å². The fraction of sp³-hybridized carbons (Fsp3) is 0.250. The third-order valence-electron chi connectivity index (χ3n) is 3.05. The smallest absolute Gasteiger partial charge is 0.0587 e. The van der Waals surface area contributed by atoms with Gasteiger partial charge in [0.2, 0.25) is 0 Å². The lowest BCUT2D eigenvalue weighted by Gasteiger charge is -2.16. The van der Waals surface area contributed by atoms with E-state index in [0.29, 0.717) is 0 Å². The van der Waals surface area contributed by atoms with E-state index in [1.807, 2.05) is 42.5 Å².